The van der Waals surface area contributed by atoms with Crippen LogP contribution in [0.25, 0.3) is 10.8 Å². The van der Waals surface area contributed by atoms with Gasteiger partial charge in [0.25, 0.3) is 5.91 Å². The number of hydrogen-bond acceptors (Lipinski definition) is 5. The Hall–Kier alpha value is -3.54. The standard InChI is InChI=1S/C22H22N2O4/c1-3-27-17-9-11-18(12-10-17)28-15-22(25)24-23-14-20-19-7-5-4-6-16(19)8-13-21(20)26-2/h4-14H,3,15H2,1-2H3,(H,24,25)/b23-14+. The van der Waals surface area contributed by atoms with Crippen LogP contribution in [0.4, 0.5) is 0 Å². The Labute approximate surface area is 163 Å². The fourth-order valence-corrected chi connectivity index (χ4v) is 2.74. The smallest absolute Gasteiger partial charge is 0.277 e. The van der Waals surface area contributed by atoms with Gasteiger partial charge in [0.2, 0.25) is 0 Å². The highest BCUT2D eigenvalue weighted by atomic mass is 16.5. The van der Waals surface area contributed by atoms with E-state index < -0.39 is 0 Å². The Balaban J connectivity index is 1.60. The molecular weight excluding hydrogens is 356 g/mol. The number of amides is 1. The molecule has 3 aromatic rings. The molecule has 144 valence electrons. The highest BCUT2D eigenvalue weighted by Crippen LogP contribution is 2.26. The van der Waals surface area contributed by atoms with Crippen LogP contribution in [0.3, 0.4) is 0 Å². The number of rotatable bonds is 8. The van der Waals surface area contributed by atoms with Crippen LogP contribution in [-0.2, 0) is 4.79 Å². The molecule has 0 bridgehead atoms. The summed E-state index contributed by atoms with van der Waals surface area (Å²) in [5.41, 5.74) is 3.27. The van der Waals surface area contributed by atoms with Crippen molar-refractivity contribution in [2.75, 3.05) is 20.3 Å². The normalized spacial score (nSPS) is 10.8. The summed E-state index contributed by atoms with van der Waals surface area (Å²) in [4.78, 5) is 12.0. The number of hydrogen-bond donors (Lipinski definition) is 1. The summed E-state index contributed by atoms with van der Waals surface area (Å²) in [5.74, 6) is 1.66. The summed E-state index contributed by atoms with van der Waals surface area (Å²) >= 11 is 0. The number of nitrogens with zero attached hydrogens (tertiary/aromatic N) is 1. The summed E-state index contributed by atoms with van der Waals surface area (Å²) in [5, 5.41) is 6.10. The number of carbonyl (C=O) groups is 1. The fraction of sp³-hybridized carbons (Fsp3) is 0.182. The molecule has 0 fully saturated rings. The Morgan fingerprint density at radius 2 is 1.71 bits per heavy atom. The zero-order valence-corrected chi connectivity index (χ0v) is 15.8. The minimum atomic E-state index is -0.357. The van der Waals surface area contributed by atoms with Gasteiger partial charge < -0.3 is 14.2 Å². The van der Waals surface area contributed by atoms with Gasteiger partial charge in [-0.15, -0.1) is 0 Å². The molecule has 0 atom stereocenters. The molecule has 1 N–H and O–H groups in total. The van der Waals surface area contributed by atoms with Gasteiger partial charge in [-0.1, -0.05) is 30.3 Å². The molecule has 0 unspecified atom stereocenters. The number of ether oxygens (including phenoxy) is 3. The van der Waals surface area contributed by atoms with E-state index in [1.807, 2.05) is 43.3 Å². The minimum absolute atomic E-state index is 0.141. The van der Waals surface area contributed by atoms with E-state index in [4.69, 9.17) is 14.2 Å². The molecule has 0 aromatic heterocycles. The molecule has 0 saturated carbocycles. The van der Waals surface area contributed by atoms with Crippen LogP contribution in [0.15, 0.2) is 65.8 Å². The van der Waals surface area contributed by atoms with Gasteiger partial charge in [0.15, 0.2) is 6.61 Å². The highest BCUT2D eigenvalue weighted by Gasteiger charge is 2.07. The van der Waals surface area contributed by atoms with Crippen molar-refractivity contribution in [3.05, 3.63) is 66.2 Å². The Morgan fingerprint density at radius 3 is 2.43 bits per heavy atom. The molecule has 0 spiro atoms. The first kappa shape index (κ1) is 19.2. The van der Waals surface area contributed by atoms with Crippen molar-refractivity contribution in [1.29, 1.82) is 0 Å². The number of methoxy groups -OCH3 is 1. The van der Waals surface area contributed by atoms with Gasteiger partial charge in [0.05, 0.1) is 19.9 Å². The molecule has 6 nitrogen and oxygen atoms in total. The second-order valence-corrected chi connectivity index (χ2v) is 5.89. The van der Waals surface area contributed by atoms with Crippen molar-refractivity contribution in [3.63, 3.8) is 0 Å². The van der Waals surface area contributed by atoms with E-state index >= 15 is 0 Å². The van der Waals surface area contributed by atoms with Gasteiger partial charge in [-0.3, -0.25) is 4.79 Å². The molecule has 0 aliphatic rings. The van der Waals surface area contributed by atoms with Crippen molar-refractivity contribution in [2.45, 2.75) is 6.92 Å². The summed E-state index contributed by atoms with van der Waals surface area (Å²) in [6.07, 6.45) is 1.58. The van der Waals surface area contributed by atoms with Gasteiger partial charge in [-0.25, -0.2) is 5.43 Å². The molecule has 0 aliphatic carbocycles. The number of hydrazone groups is 1. The van der Waals surface area contributed by atoms with Crippen molar-refractivity contribution in [2.24, 2.45) is 5.10 Å². The molecule has 6 heteroatoms. The monoisotopic (exact) mass is 378 g/mol. The molecular formula is C22H22N2O4. The van der Waals surface area contributed by atoms with Crippen molar-refractivity contribution >= 4 is 22.9 Å². The number of carbonyl (C=O) groups excluding carboxylic acids is 1. The first-order valence-corrected chi connectivity index (χ1v) is 8.94. The second-order valence-electron chi connectivity index (χ2n) is 5.89. The first-order chi connectivity index (χ1) is 13.7. The lowest BCUT2D eigenvalue weighted by atomic mass is 10.0. The lowest BCUT2D eigenvalue weighted by molar-refractivity contribution is -0.123. The fourth-order valence-electron chi connectivity index (χ4n) is 2.74. The molecule has 1 amide bonds. The van der Waals surface area contributed by atoms with Crippen molar-refractivity contribution < 1.29 is 19.0 Å². The SMILES string of the molecule is CCOc1ccc(OCC(=O)N/N=C/c2c(OC)ccc3ccccc23)cc1. The van der Waals surface area contributed by atoms with E-state index in [1.165, 1.54) is 0 Å². The number of nitrogens with one attached hydrogen (secondary N) is 1. The summed E-state index contributed by atoms with van der Waals surface area (Å²) in [7, 11) is 1.60. The maximum Gasteiger partial charge on any atom is 0.277 e. The van der Waals surface area contributed by atoms with Crippen LogP contribution in [-0.4, -0.2) is 32.4 Å². The van der Waals surface area contributed by atoms with Gasteiger partial charge in [-0.2, -0.15) is 5.10 Å². The van der Waals surface area contributed by atoms with Crippen LogP contribution < -0.4 is 19.6 Å². The van der Waals surface area contributed by atoms with Gasteiger partial charge in [0, 0.05) is 5.56 Å². The van der Waals surface area contributed by atoms with E-state index in [2.05, 4.69) is 10.5 Å². The molecule has 3 rings (SSSR count). The van der Waals surface area contributed by atoms with Crippen LogP contribution in [0, 0.1) is 0 Å². The third kappa shape index (κ3) is 4.79. The van der Waals surface area contributed by atoms with E-state index in [9.17, 15) is 4.79 Å². The van der Waals surface area contributed by atoms with Crippen molar-refractivity contribution in [3.8, 4) is 17.2 Å². The predicted molar refractivity (Wildman–Crippen MR) is 109 cm³/mol. The zero-order valence-electron chi connectivity index (χ0n) is 15.8. The molecule has 0 saturated heterocycles. The molecule has 0 heterocycles. The largest absolute Gasteiger partial charge is 0.496 e. The summed E-state index contributed by atoms with van der Waals surface area (Å²) < 4.78 is 16.2. The maximum atomic E-state index is 12.0. The average Bonchev–Trinajstić information content (AvgIpc) is 2.73. The lowest BCUT2D eigenvalue weighted by Crippen LogP contribution is -2.24. The average molecular weight is 378 g/mol. The third-order valence-electron chi connectivity index (χ3n) is 4.04. The van der Waals surface area contributed by atoms with E-state index in [0.29, 0.717) is 18.1 Å². The van der Waals surface area contributed by atoms with Crippen LogP contribution in [0.1, 0.15) is 12.5 Å². The Morgan fingerprint density at radius 1 is 1.00 bits per heavy atom. The zero-order chi connectivity index (χ0) is 19.8. The van der Waals surface area contributed by atoms with Crippen molar-refractivity contribution in [1.82, 2.24) is 5.43 Å². The minimum Gasteiger partial charge on any atom is -0.496 e. The van der Waals surface area contributed by atoms with Gasteiger partial charge in [-0.05, 0) is 48.0 Å². The third-order valence-corrected chi connectivity index (χ3v) is 4.04. The second kappa shape index (κ2) is 9.41. The van der Waals surface area contributed by atoms with Crippen LogP contribution in [0.2, 0.25) is 0 Å². The topological polar surface area (TPSA) is 69.2 Å². The predicted octanol–water partition coefficient (Wildman–Crippen LogP) is 3.78. The molecule has 3 aromatic carbocycles. The van der Waals surface area contributed by atoms with Gasteiger partial charge >= 0.3 is 0 Å². The Kier molecular flexibility index (Phi) is 6.46. The van der Waals surface area contributed by atoms with E-state index in [0.717, 1.165) is 22.1 Å². The summed E-state index contributed by atoms with van der Waals surface area (Å²) in [6, 6.07) is 18.9. The molecule has 28 heavy (non-hydrogen) atoms. The van der Waals surface area contributed by atoms with Gasteiger partial charge in [0.1, 0.15) is 17.2 Å². The van der Waals surface area contributed by atoms with E-state index in [-0.39, 0.29) is 12.5 Å². The maximum absolute atomic E-state index is 12.0. The van der Waals surface area contributed by atoms with Crippen LogP contribution >= 0.6 is 0 Å². The Bertz CT molecular complexity index is 968. The first-order valence-electron chi connectivity index (χ1n) is 8.94. The molecule has 0 radical (unpaired) electrons. The molecule has 0 aliphatic heterocycles. The number of benzene rings is 3. The highest BCUT2D eigenvalue weighted by molar-refractivity contribution is 6.02. The number of fused-ring (bicyclic) bond motifs is 1. The lowest BCUT2D eigenvalue weighted by Gasteiger charge is -2.09. The quantitative estimate of drug-likeness (QED) is 0.478. The van der Waals surface area contributed by atoms with E-state index in [1.54, 1.807) is 37.6 Å². The van der Waals surface area contributed by atoms with Crippen LogP contribution in [0.5, 0.6) is 17.2 Å². The summed E-state index contributed by atoms with van der Waals surface area (Å²) in [6.45, 7) is 2.38.